The van der Waals surface area contributed by atoms with Gasteiger partial charge >= 0.3 is 0 Å². The van der Waals surface area contributed by atoms with Gasteiger partial charge < -0.3 is 10.5 Å². The van der Waals surface area contributed by atoms with E-state index in [9.17, 15) is 0 Å². The van der Waals surface area contributed by atoms with Crippen LogP contribution < -0.4 is 10.5 Å². The van der Waals surface area contributed by atoms with Crippen molar-refractivity contribution in [3.8, 4) is 16.3 Å². The molecule has 2 aromatic heterocycles. The Hall–Kier alpha value is -1.49. The van der Waals surface area contributed by atoms with Crippen LogP contribution in [0.25, 0.3) is 10.6 Å². The Labute approximate surface area is 92.3 Å². The number of hydrogen-bond acceptors (Lipinski definition) is 4. The lowest BCUT2D eigenvalue weighted by Gasteiger charge is -1.93. The number of aryl methyl sites for hydroxylation is 1. The summed E-state index contributed by atoms with van der Waals surface area (Å²) in [5, 5.41) is 6.33. The molecule has 2 aromatic rings. The van der Waals surface area contributed by atoms with Gasteiger partial charge in [0.2, 0.25) is 0 Å². The number of anilines is 1. The number of nitrogens with two attached hydrogens (primary N) is 1. The third-order valence-corrected chi connectivity index (χ3v) is 3.30. The largest absolute Gasteiger partial charge is 0.496 e. The van der Waals surface area contributed by atoms with Crippen molar-refractivity contribution in [2.75, 3.05) is 12.8 Å². The van der Waals surface area contributed by atoms with E-state index in [2.05, 4.69) is 5.10 Å². The zero-order chi connectivity index (χ0) is 11.0. The van der Waals surface area contributed by atoms with Gasteiger partial charge in [0.05, 0.1) is 12.0 Å². The van der Waals surface area contributed by atoms with Crippen LogP contribution in [0.1, 0.15) is 5.56 Å². The van der Waals surface area contributed by atoms with Gasteiger partial charge in [-0.1, -0.05) is 0 Å². The molecule has 0 aliphatic heterocycles. The molecule has 2 rings (SSSR count). The van der Waals surface area contributed by atoms with E-state index < -0.39 is 0 Å². The van der Waals surface area contributed by atoms with Crippen molar-refractivity contribution in [3.63, 3.8) is 0 Å². The van der Waals surface area contributed by atoms with Gasteiger partial charge in [0.1, 0.15) is 17.3 Å². The van der Waals surface area contributed by atoms with E-state index >= 15 is 0 Å². The van der Waals surface area contributed by atoms with E-state index in [0.29, 0.717) is 5.82 Å². The molecule has 0 amide bonds. The SMILES string of the molecule is COc1csc(-c2nn(C)c(N)c2C)c1. The van der Waals surface area contributed by atoms with Crippen molar-refractivity contribution in [2.45, 2.75) is 6.92 Å². The summed E-state index contributed by atoms with van der Waals surface area (Å²) in [6.07, 6.45) is 0. The minimum absolute atomic E-state index is 0.706. The second-order valence-electron chi connectivity index (χ2n) is 3.33. The van der Waals surface area contributed by atoms with Gasteiger partial charge in [-0.15, -0.1) is 11.3 Å². The number of nitrogen functional groups attached to an aromatic ring is 1. The van der Waals surface area contributed by atoms with E-state index in [1.165, 1.54) is 0 Å². The maximum atomic E-state index is 5.85. The van der Waals surface area contributed by atoms with Crippen molar-refractivity contribution in [1.29, 1.82) is 0 Å². The zero-order valence-corrected chi connectivity index (χ0v) is 9.76. The highest BCUT2D eigenvalue weighted by molar-refractivity contribution is 7.13. The van der Waals surface area contributed by atoms with Crippen LogP contribution in [0.4, 0.5) is 5.82 Å². The first kappa shape index (κ1) is 10.0. The van der Waals surface area contributed by atoms with Crippen LogP contribution in [0, 0.1) is 6.92 Å². The second-order valence-corrected chi connectivity index (χ2v) is 4.24. The highest BCUT2D eigenvalue weighted by Gasteiger charge is 2.13. The minimum atomic E-state index is 0.706. The Bertz CT molecular complexity index is 487. The maximum absolute atomic E-state index is 5.85. The Kier molecular flexibility index (Phi) is 2.40. The topological polar surface area (TPSA) is 53.1 Å². The van der Waals surface area contributed by atoms with Crippen molar-refractivity contribution in [2.24, 2.45) is 7.05 Å². The zero-order valence-electron chi connectivity index (χ0n) is 8.94. The fraction of sp³-hybridized carbons (Fsp3) is 0.300. The average molecular weight is 223 g/mol. The molecule has 4 nitrogen and oxygen atoms in total. The molecule has 2 heterocycles. The van der Waals surface area contributed by atoms with E-state index in [1.54, 1.807) is 23.1 Å². The van der Waals surface area contributed by atoms with E-state index in [0.717, 1.165) is 21.9 Å². The molecular weight excluding hydrogens is 210 g/mol. The lowest BCUT2D eigenvalue weighted by Crippen LogP contribution is -1.97. The molecule has 0 aromatic carbocycles. The molecule has 0 radical (unpaired) electrons. The average Bonchev–Trinajstić information content (AvgIpc) is 2.79. The molecule has 0 fully saturated rings. The monoisotopic (exact) mass is 223 g/mol. The number of hydrogen-bond donors (Lipinski definition) is 1. The molecule has 15 heavy (non-hydrogen) atoms. The molecule has 0 bridgehead atoms. The molecule has 5 heteroatoms. The smallest absolute Gasteiger partial charge is 0.130 e. The number of rotatable bonds is 2. The van der Waals surface area contributed by atoms with Crippen LogP contribution >= 0.6 is 11.3 Å². The van der Waals surface area contributed by atoms with Crippen LogP contribution in [-0.2, 0) is 7.05 Å². The Morgan fingerprint density at radius 2 is 2.27 bits per heavy atom. The molecule has 0 saturated carbocycles. The summed E-state index contributed by atoms with van der Waals surface area (Å²) < 4.78 is 6.83. The third kappa shape index (κ3) is 1.59. The fourth-order valence-electron chi connectivity index (χ4n) is 1.43. The number of ether oxygens (including phenoxy) is 1. The van der Waals surface area contributed by atoms with Crippen molar-refractivity contribution < 1.29 is 4.74 Å². The van der Waals surface area contributed by atoms with Crippen molar-refractivity contribution in [3.05, 3.63) is 17.0 Å². The first-order valence-corrected chi connectivity index (χ1v) is 5.43. The highest BCUT2D eigenvalue weighted by atomic mass is 32.1. The van der Waals surface area contributed by atoms with E-state index in [-0.39, 0.29) is 0 Å². The second kappa shape index (κ2) is 3.58. The molecule has 80 valence electrons. The van der Waals surface area contributed by atoms with Gasteiger partial charge in [0.25, 0.3) is 0 Å². The van der Waals surface area contributed by atoms with Crippen molar-refractivity contribution >= 4 is 17.2 Å². The summed E-state index contributed by atoms with van der Waals surface area (Å²) in [5.74, 6) is 1.57. The quantitative estimate of drug-likeness (QED) is 0.847. The van der Waals surface area contributed by atoms with Crippen LogP contribution in [0.15, 0.2) is 11.4 Å². The van der Waals surface area contributed by atoms with Gasteiger partial charge in [-0.3, -0.25) is 4.68 Å². The molecule has 0 aliphatic rings. The van der Waals surface area contributed by atoms with Crippen LogP contribution in [0.3, 0.4) is 0 Å². The molecule has 0 unspecified atom stereocenters. The lowest BCUT2D eigenvalue weighted by atomic mass is 10.2. The molecule has 0 saturated heterocycles. The van der Waals surface area contributed by atoms with Gasteiger partial charge in [-0.05, 0) is 6.92 Å². The van der Waals surface area contributed by atoms with Gasteiger partial charge in [0.15, 0.2) is 0 Å². The highest BCUT2D eigenvalue weighted by Crippen LogP contribution is 2.33. The first-order chi connectivity index (χ1) is 7.13. The predicted molar refractivity (Wildman–Crippen MR) is 62.2 cm³/mol. The Morgan fingerprint density at radius 1 is 1.53 bits per heavy atom. The molecule has 2 N–H and O–H groups in total. The summed E-state index contributed by atoms with van der Waals surface area (Å²) in [7, 11) is 3.50. The standard InChI is InChI=1S/C10H13N3OS/c1-6-9(12-13(2)10(6)11)8-4-7(14-3)5-15-8/h4-5H,11H2,1-3H3. The Morgan fingerprint density at radius 3 is 2.73 bits per heavy atom. The van der Waals surface area contributed by atoms with Crippen molar-refractivity contribution in [1.82, 2.24) is 9.78 Å². The lowest BCUT2D eigenvalue weighted by molar-refractivity contribution is 0.417. The maximum Gasteiger partial charge on any atom is 0.130 e. The summed E-state index contributed by atoms with van der Waals surface area (Å²) in [5.41, 5.74) is 7.80. The first-order valence-electron chi connectivity index (χ1n) is 4.55. The summed E-state index contributed by atoms with van der Waals surface area (Å²) in [4.78, 5) is 1.08. The number of aromatic nitrogens is 2. The van der Waals surface area contributed by atoms with Gasteiger partial charge in [0, 0.05) is 24.1 Å². The minimum Gasteiger partial charge on any atom is -0.496 e. The molecule has 0 atom stereocenters. The van der Waals surface area contributed by atoms with E-state index in [4.69, 9.17) is 10.5 Å². The fourth-order valence-corrected chi connectivity index (χ4v) is 2.32. The number of methoxy groups -OCH3 is 1. The van der Waals surface area contributed by atoms with Crippen LogP contribution in [0.2, 0.25) is 0 Å². The summed E-state index contributed by atoms with van der Waals surface area (Å²) in [6, 6.07) is 1.97. The third-order valence-electron chi connectivity index (χ3n) is 2.38. The van der Waals surface area contributed by atoms with Gasteiger partial charge in [-0.2, -0.15) is 5.10 Å². The van der Waals surface area contributed by atoms with Crippen LogP contribution in [0.5, 0.6) is 5.75 Å². The van der Waals surface area contributed by atoms with Crippen LogP contribution in [-0.4, -0.2) is 16.9 Å². The predicted octanol–water partition coefficient (Wildman–Crippen LogP) is 2.05. The normalized spacial score (nSPS) is 10.6. The number of nitrogens with zero attached hydrogens (tertiary/aromatic N) is 2. The van der Waals surface area contributed by atoms with Gasteiger partial charge in [-0.25, -0.2) is 0 Å². The Balaban J connectivity index is 2.49. The number of thiophene rings is 1. The van der Waals surface area contributed by atoms with E-state index in [1.807, 2.05) is 25.4 Å². The molecular formula is C10H13N3OS. The summed E-state index contributed by atoms with van der Waals surface area (Å²) in [6.45, 7) is 1.98. The summed E-state index contributed by atoms with van der Waals surface area (Å²) >= 11 is 1.61. The molecule has 0 spiro atoms. The molecule has 0 aliphatic carbocycles.